The Labute approximate surface area is 162 Å². The van der Waals surface area contributed by atoms with Crippen molar-refractivity contribution in [1.29, 1.82) is 0 Å². The molecule has 26 heavy (non-hydrogen) atoms. The summed E-state index contributed by atoms with van der Waals surface area (Å²) in [5, 5.41) is 0. The third-order valence-corrected chi connectivity index (χ3v) is 6.01. The fourth-order valence-corrected chi connectivity index (χ4v) is 3.28. The summed E-state index contributed by atoms with van der Waals surface area (Å²) in [7, 11) is 2.22. The lowest BCUT2D eigenvalue weighted by Crippen LogP contribution is -2.34. The van der Waals surface area contributed by atoms with Crippen molar-refractivity contribution in [2.45, 2.75) is 31.2 Å². The van der Waals surface area contributed by atoms with Gasteiger partial charge < -0.3 is 15.4 Å². The van der Waals surface area contributed by atoms with Crippen molar-refractivity contribution in [3.63, 3.8) is 0 Å². The van der Waals surface area contributed by atoms with E-state index in [0.29, 0.717) is 24.4 Å². The SMILES string of the molecule is COc1ccc(C(=O)N(C)CCC(N)C(C)C)cc1S(=O)(=O)N(C)C.Cl. The molecule has 9 heteroatoms. The molecule has 1 unspecified atom stereocenters. The van der Waals surface area contributed by atoms with E-state index in [0.717, 1.165) is 4.31 Å². The van der Waals surface area contributed by atoms with Crippen LogP contribution in [-0.2, 0) is 10.0 Å². The van der Waals surface area contributed by atoms with Crippen molar-refractivity contribution in [3.8, 4) is 5.75 Å². The normalized spacial score (nSPS) is 12.7. The lowest BCUT2D eigenvalue weighted by atomic mass is 10.0. The Hall–Kier alpha value is -1.35. The zero-order valence-corrected chi connectivity index (χ0v) is 17.9. The molecule has 1 amide bonds. The van der Waals surface area contributed by atoms with Gasteiger partial charge in [-0.15, -0.1) is 12.4 Å². The first-order valence-corrected chi connectivity index (χ1v) is 9.58. The van der Waals surface area contributed by atoms with Gasteiger partial charge >= 0.3 is 0 Å². The first kappa shape index (κ1) is 24.7. The lowest BCUT2D eigenvalue weighted by Gasteiger charge is -2.22. The molecular formula is C17H30ClN3O4S. The molecule has 1 aromatic rings. The zero-order chi connectivity index (χ0) is 19.4. The maximum Gasteiger partial charge on any atom is 0.253 e. The molecule has 0 aliphatic rings. The summed E-state index contributed by atoms with van der Waals surface area (Å²) in [4.78, 5) is 14.1. The van der Waals surface area contributed by atoms with Crippen LogP contribution in [0, 0.1) is 5.92 Å². The number of nitrogens with two attached hydrogens (primary N) is 1. The number of halogens is 1. The van der Waals surface area contributed by atoms with Crippen LogP contribution < -0.4 is 10.5 Å². The predicted octanol–water partition coefficient (Wildman–Crippen LogP) is 1.81. The van der Waals surface area contributed by atoms with Crippen LogP contribution in [0.5, 0.6) is 5.75 Å². The van der Waals surface area contributed by atoms with E-state index in [1.807, 2.05) is 13.8 Å². The van der Waals surface area contributed by atoms with Crippen LogP contribution in [0.25, 0.3) is 0 Å². The van der Waals surface area contributed by atoms with Gasteiger partial charge in [-0.3, -0.25) is 4.79 Å². The van der Waals surface area contributed by atoms with Gasteiger partial charge in [-0.25, -0.2) is 12.7 Å². The van der Waals surface area contributed by atoms with E-state index < -0.39 is 10.0 Å². The molecule has 0 aromatic heterocycles. The van der Waals surface area contributed by atoms with Crippen LogP contribution in [0.3, 0.4) is 0 Å². The maximum absolute atomic E-state index is 12.6. The number of rotatable bonds is 8. The molecule has 2 N–H and O–H groups in total. The Morgan fingerprint density at radius 1 is 1.23 bits per heavy atom. The van der Waals surface area contributed by atoms with Crippen molar-refractivity contribution in [2.75, 3.05) is 34.8 Å². The largest absolute Gasteiger partial charge is 0.495 e. The highest BCUT2D eigenvalue weighted by molar-refractivity contribution is 7.89. The summed E-state index contributed by atoms with van der Waals surface area (Å²) in [6.45, 7) is 4.57. The van der Waals surface area contributed by atoms with E-state index in [1.54, 1.807) is 18.0 Å². The van der Waals surface area contributed by atoms with Gasteiger partial charge in [-0.2, -0.15) is 0 Å². The highest BCUT2D eigenvalue weighted by Gasteiger charge is 2.24. The van der Waals surface area contributed by atoms with E-state index in [4.69, 9.17) is 10.5 Å². The van der Waals surface area contributed by atoms with Gasteiger partial charge in [0.25, 0.3) is 5.91 Å². The Morgan fingerprint density at radius 2 is 1.81 bits per heavy atom. The zero-order valence-electron chi connectivity index (χ0n) is 16.2. The van der Waals surface area contributed by atoms with Crippen LogP contribution >= 0.6 is 12.4 Å². The molecule has 0 heterocycles. The summed E-state index contributed by atoms with van der Waals surface area (Å²) < 4.78 is 31.1. The molecule has 7 nitrogen and oxygen atoms in total. The summed E-state index contributed by atoms with van der Waals surface area (Å²) in [6, 6.07) is 4.43. The fraction of sp³-hybridized carbons (Fsp3) is 0.588. The molecular weight excluding hydrogens is 378 g/mol. The van der Waals surface area contributed by atoms with Gasteiger partial charge in [0.05, 0.1) is 7.11 Å². The molecule has 0 radical (unpaired) electrons. The molecule has 0 saturated heterocycles. The number of hydrogen-bond acceptors (Lipinski definition) is 5. The Balaban J connectivity index is 0.00000625. The lowest BCUT2D eigenvalue weighted by molar-refractivity contribution is 0.0789. The Morgan fingerprint density at radius 3 is 2.27 bits per heavy atom. The second-order valence-corrected chi connectivity index (χ2v) is 8.70. The van der Waals surface area contributed by atoms with Crippen molar-refractivity contribution in [2.24, 2.45) is 11.7 Å². The van der Waals surface area contributed by atoms with E-state index in [1.165, 1.54) is 33.3 Å². The van der Waals surface area contributed by atoms with E-state index >= 15 is 0 Å². The average Bonchev–Trinajstić information content (AvgIpc) is 2.57. The summed E-state index contributed by atoms with van der Waals surface area (Å²) in [5.74, 6) is 0.282. The number of carbonyl (C=O) groups is 1. The molecule has 1 rings (SSSR count). The number of hydrogen-bond donors (Lipinski definition) is 1. The molecule has 150 valence electrons. The van der Waals surface area contributed by atoms with Gasteiger partial charge in [0.2, 0.25) is 10.0 Å². The molecule has 0 aliphatic carbocycles. The molecule has 0 aliphatic heterocycles. The van der Waals surface area contributed by atoms with Crippen molar-refractivity contribution >= 4 is 28.3 Å². The van der Waals surface area contributed by atoms with Crippen molar-refractivity contribution < 1.29 is 17.9 Å². The first-order chi connectivity index (χ1) is 11.5. The van der Waals surface area contributed by atoms with Gasteiger partial charge in [0, 0.05) is 39.3 Å². The minimum absolute atomic E-state index is 0. The molecule has 0 saturated carbocycles. The number of sulfonamides is 1. The first-order valence-electron chi connectivity index (χ1n) is 8.14. The van der Waals surface area contributed by atoms with Crippen molar-refractivity contribution in [3.05, 3.63) is 23.8 Å². The van der Waals surface area contributed by atoms with Crippen LogP contribution in [0.15, 0.2) is 23.1 Å². The smallest absolute Gasteiger partial charge is 0.253 e. The van der Waals surface area contributed by atoms with Crippen LogP contribution in [-0.4, -0.2) is 64.4 Å². The third kappa shape index (κ3) is 5.84. The number of methoxy groups -OCH3 is 1. The van der Waals surface area contributed by atoms with Gasteiger partial charge in [0.1, 0.15) is 10.6 Å². The summed E-state index contributed by atoms with van der Waals surface area (Å²) in [6.07, 6.45) is 0.679. The summed E-state index contributed by atoms with van der Waals surface area (Å²) >= 11 is 0. The number of amides is 1. The highest BCUT2D eigenvalue weighted by atomic mass is 35.5. The number of ether oxygens (including phenoxy) is 1. The third-order valence-electron chi connectivity index (χ3n) is 4.17. The van der Waals surface area contributed by atoms with Crippen LogP contribution in [0.2, 0.25) is 0 Å². The topological polar surface area (TPSA) is 92.9 Å². The average molecular weight is 408 g/mol. The van der Waals surface area contributed by atoms with Crippen molar-refractivity contribution in [1.82, 2.24) is 9.21 Å². The predicted molar refractivity (Wildman–Crippen MR) is 106 cm³/mol. The standard InChI is InChI=1S/C17H29N3O4S.ClH/c1-12(2)14(18)9-10-20(5)17(21)13-7-8-15(24-6)16(11-13)25(22,23)19(3)4;/h7-8,11-12,14H,9-10,18H2,1-6H3;1H. The Kier molecular flexibility index (Phi) is 9.58. The minimum atomic E-state index is -3.72. The quantitative estimate of drug-likeness (QED) is 0.709. The van der Waals surface area contributed by atoms with E-state index in [9.17, 15) is 13.2 Å². The molecule has 0 spiro atoms. The van der Waals surface area contributed by atoms with Gasteiger partial charge in [0.15, 0.2) is 0 Å². The maximum atomic E-state index is 12.6. The minimum Gasteiger partial charge on any atom is -0.495 e. The Bertz CT molecular complexity index is 708. The van der Waals surface area contributed by atoms with Crippen LogP contribution in [0.1, 0.15) is 30.6 Å². The molecule has 1 atom stereocenters. The summed E-state index contributed by atoms with van der Waals surface area (Å²) in [5.41, 5.74) is 6.31. The van der Waals surface area contributed by atoms with E-state index in [2.05, 4.69) is 0 Å². The van der Waals surface area contributed by atoms with Gasteiger partial charge in [-0.05, 0) is 30.5 Å². The number of benzene rings is 1. The second kappa shape index (κ2) is 10.1. The second-order valence-electron chi connectivity index (χ2n) is 6.58. The van der Waals surface area contributed by atoms with Gasteiger partial charge in [-0.1, -0.05) is 13.8 Å². The fourth-order valence-electron chi connectivity index (χ4n) is 2.21. The van der Waals surface area contributed by atoms with E-state index in [-0.39, 0.29) is 35.0 Å². The molecule has 0 fully saturated rings. The monoisotopic (exact) mass is 407 g/mol. The number of carbonyl (C=O) groups excluding carboxylic acids is 1. The number of nitrogens with zero attached hydrogens (tertiary/aromatic N) is 2. The van der Waals surface area contributed by atoms with Crippen LogP contribution in [0.4, 0.5) is 0 Å². The highest BCUT2D eigenvalue weighted by Crippen LogP contribution is 2.27. The molecule has 0 bridgehead atoms. The molecule has 1 aromatic carbocycles.